The first-order valence-electron chi connectivity index (χ1n) is 6.50. The fourth-order valence-corrected chi connectivity index (χ4v) is 2.35. The lowest BCUT2D eigenvalue weighted by molar-refractivity contribution is 0.493. The highest BCUT2D eigenvalue weighted by Gasteiger charge is 2.14. The van der Waals surface area contributed by atoms with Gasteiger partial charge in [0.1, 0.15) is 11.6 Å². The topological polar surface area (TPSA) is 42.7 Å². The molecule has 0 saturated carbocycles. The van der Waals surface area contributed by atoms with Gasteiger partial charge in [0.15, 0.2) is 0 Å². The average Bonchev–Trinajstić information content (AvgIpc) is 2.82. The molecule has 1 aromatic carbocycles. The fourth-order valence-electron chi connectivity index (χ4n) is 2.35. The first kappa shape index (κ1) is 11.4. The molecule has 1 N–H and O–H groups in total. The highest BCUT2D eigenvalue weighted by molar-refractivity contribution is 5.21. The van der Waals surface area contributed by atoms with Crippen LogP contribution in [0.1, 0.15) is 22.8 Å². The average molecular weight is 242 g/mol. The molecule has 0 fully saturated rings. The maximum absolute atomic E-state index is 4.30. The number of aryl methyl sites for hydroxylation is 3. The molecule has 0 unspecified atom stereocenters. The normalized spacial score (nSPS) is 14.5. The van der Waals surface area contributed by atoms with Crippen molar-refractivity contribution < 1.29 is 0 Å². The number of fused-ring (bicyclic) bond motifs is 1. The lowest BCUT2D eigenvalue weighted by atomic mass is 10.1. The van der Waals surface area contributed by atoms with Crippen molar-refractivity contribution in [1.82, 2.24) is 20.1 Å². The van der Waals surface area contributed by atoms with E-state index in [1.165, 1.54) is 11.1 Å². The van der Waals surface area contributed by atoms with E-state index in [0.29, 0.717) is 0 Å². The molecule has 0 aliphatic carbocycles. The third kappa shape index (κ3) is 2.29. The smallest absolute Gasteiger partial charge is 0.147 e. The van der Waals surface area contributed by atoms with E-state index < -0.39 is 0 Å². The van der Waals surface area contributed by atoms with Gasteiger partial charge in [-0.3, -0.25) is 0 Å². The summed E-state index contributed by atoms with van der Waals surface area (Å²) in [6.45, 7) is 4.97. The van der Waals surface area contributed by atoms with Crippen LogP contribution in [0.15, 0.2) is 24.3 Å². The van der Waals surface area contributed by atoms with Gasteiger partial charge in [-0.1, -0.05) is 29.8 Å². The van der Waals surface area contributed by atoms with Gasteiger partial charge in [0.25, 0.3) is 0 Å². The van der Waals surface area contributed by atoms with Crippen molar-refractivity contribution in [2.24, 2.45) is 0 Å². The van der Waals surface area contributed by atoms with Gasteiger partial charge in [-0.15, -0.1) is 10.2 Å². The highest BCUT2D eigenvalue weighted by atomic mass is 15.3. The highest BCUT2D eigenvalue weighted by Crippen LogP contribution is 2.10. The lowest BCUT2D eigenvalue weighted by Gasteiger charge is -2.15. The molecule has 2 aromatic rings. The van der Waals surface area contributed by atoms with Gasteiger partial charge in [0.2, 0.25) is 0 Å². The van der Waals surface area contributed by atoms with E-state index in [4.69, 9.17) is 0 Å². The summed E-state index contributed by atoms with van der Waals surface area (Å²) in [5.41, 5.74) is 2.68. The predicted octanol–water partition coefficient (Wildman–Crippen LogP) is 1.47. The zero-order valence-corrected chi connectivity index (χ0v) is 10.7. The van der Waals surface area contributed by atoms with E-state index in [0.717, 1.165) is 44.1 Å². The van der Waals surface area contributed by atoms with Gasteiger partial charge >= 0.3 is 0 Å². The molecule has 0 atom stereocenters. The van der Waals surface area contributed by atoms with Gasteiger partial charge in [0.05, 0.1) is 6.54 Å². The van der Waals surface area contributed by atoms with Crippen molar-refractivity contribution in [3.8, 4) is 0 Å². The molecular weight excluding hydrogens is 224 g/mol. The Morgan fingerprint density at radius 1 is 1.17 bits per heavy atom. The van der Waals surface area contributed by atoms with Gasteiger partial charge in [0, 0.05) is 19.5 Å². The Kier molecular flexibility index (Phi) is 3.11. The monoisotopic (exact) mass is 242 g/mol. The summed E-state index contributed by atoms with van der Waals surface area (Å²) in [6.07, 6.45) is 2.00. The van der Waals surface area contributed by atoms with Gasteiger partial charge < -0.3 is 9.88 Å². The minimum Gasteiger partial charge on any atom is -0.313 e. The maximum Gasteiger partial charge on any atom is 0.147 e. The zero-order valence-electron chi connectivity index (χ0n) is 10.7. The molecule has 3 rings (SSSR count). The molecule has 0 saturated heterocycles. The van der Waals surface area contributed by atoms with Crippen molar-refractivity contribution in [3.63, 3.8) is 0 Å². The third-order valence-corrected chi connectivity index (χ3v) is 3.46. The summed E-state index contributed by atoms with van der Waals surface area (Å²) >= 11 is 0. The number of hydrogen-bond donors (Lipinski definition) is 1. The second-order valence-corrected chi connectivity index (χ2v) is 4.85. The number of hydrogen-bond acceptors (Lipinski definition) is 3. The van der Waals surface area contributed by atoms with E-state index in [2.05, 4.69) is 51.3 Å². The van der Waals surface area contributed by atoms with E-state index in [-0.39, 0.29) is 0 Å². The molecule has 2 heterocycles. The number of rotatable bonds is 3. The Balaban J connectivity index is 1.70. The Hall–Kier alpha value is -1.68. The number of benzene rings is 1. The lowest BCUT2D eigenvalue weighted by Crippen LogP contribution is -2.29. The van der Waals surface area contributed by atoms with Crippen molar-refractivity contribution in [2.45, 2.75) is 32.9 Å². The van der Waals surface area contributed by atoms with E-state index in [1.54, 1.807) is 0 Å². The largest absolute Gasteiger partial charge is 0.313 e. The van der Waals surface area contributed by atoms with Crippen LogP contribution in [0.25, 0.3) is 0 Å². The van der Waals surface area contributed by atoms with Crippen LogP contribution in [0.3, 0.4) is 0 Å². The Morgan fingerprint density at radius 3 is 2.83 bits per heavy atom. The molecule has 1 aliphatic rings. The molecule has 0 amide bonds. The molecule has 0 bridgehead atoms. The molecule has 0 radical (unpaired) electrons. The molecule has 94 valence electrons. The Bertz CT molecular complexity index is 527. The van der Waals surface area contributed by atoms with Crippen molar-refractivity contribution >= 4 is 0 Å². The molecule has 1 aliphatic heterocycles. The second-order valence-electron chi connectivity index (χ2n) is 4.85. The first-order chi connectivity index (χ1) is 8.83. The first-order valence-corrected chi connectivity index (χ1v) is 6.50. The van der Waals surface area contributed by atoms with Crippen molar-refractivity contribution in [2.75, 3.05) is 6.54 Å². The van der Waals surface area contributed by atoms with E-state index in [1.807, 2.05) is 0 Å². The van der Waals surface area contributed by atoms with Crippen LogP contribution in [0, 0.1) is 6.92 Å². The summed E-state index contributed by atoms with van der Waals surface area (Å²) in [5, 5.41) is 11.8. The van der Waals surface area contributed by atoms with Gasteiger partial charge in [-0.2, -0.15) is 0 Å². The van der Waals surface area contributed by atoms with E-state index in [9.17, 15) is 0 Å². The molecular formula is C14H18N4. The van der Waals surface area contributed by atoms with Crippen LogP contribution in [-0.2, 0) is 25.9 Å². The quantitative estimate of drug-likeness (QED) is 0.886. The minimum absolute atomic E-state index is 0.845. The van der Waals surface area contributed by atoms with E-state index >= 15 is 0 Å². The van der Waals surface area contributed by atoms with Gasteiger partial charge in [-0.05, 0) is 18.9 Å². The van der Waals surface area contributed by atoms with Crippen LogP contribution in [-0.4, -0.2) is 21.3 Å². The third-order valence-electron chi connectivity index (χ3n) is 3.46. The summed E-state index contributed by atoms with van der Waals surface area (Å²) < 4.78 is 2.25. The van der Waals surface area contributed by atoms with Crippen molar-refractivity contribution in [3.05, 3.63) is 47.0 Å². The standard InChI is InChI=1S/C14H18N4/c1-11-2-4-12(5-3-11)6-7-13-16-17-14-10-15-8-9-18(13)14/h2-5,15H,6-10H2,1H3. The fraction of sp³-hybridized carbons (Fsp3) is 0.429. The molecule has 4 heteroatoms. The zero-order chi connectivity index (χ0) is 12.4. The Morgan fingerprint density at radius 2 is 2.00 bits per heavy atom. The van der Waals surface area contributed by atoms with Crippen LogP contribution >= 0.6 is 0 Å². The number of nitrogens with one attached hydrogen (secondary N) is 1. The second kappa shape index (κ2) is 4.90. The van der Waals surface area contributed by atoms with Crippen LogP contribution in [0.5, 0.6) is 0 Å². The number of aromatic nitrogens is 3. The summed E-state index contributed by atoms with van der Waals surface area (Å²) in [4.78, 5) is 0. The summed E-state index contributed by atoms with van der Waals surface area (Å²) in [7, 11) is 0. The molecule has 18 heavy (non-hydrogen) atoms. The molecule has 1 aromatic heterocycles. The molecule has 0 spiro atoms. The SMILES string of the molecule is Cc1ccc(CCc2nnc3n2CCNC3)cc1. The van der Waals surface area contributed by atoms with Gasteiger partial charge in [-0.25, -0.2) is 0 Å². The van der Waals surface area contributed by atoms with Crippen LogP contribution in [0.4, 0.5) is 0 Å². The maximum atomic E-state index is 4.30. The molecule has 4 nitrogen and oxygen atoms in total. The number of nitrogens with zero attached hydrogens (tertiary/aromatic N) is 3. The van der Waals surface area contributed by atoms with Crippen LogP contribution < -0.4 is 5.32 Å². The minimum atomic E-state index is 0.845. The summed E-state index contributed by atoms with van der Waals surface area (Å²) in [6, 6.07) is 8.73. The summed E-state index contributed by atoms with van der Waals surface area (Å²) in [5.74, 6) is 2.19. The van der Waals surface area contributed by atoms with Crippen LogP contribution in [0.2, 0.25) is 0 Å². The predicted molar refractivity (Wildman–Crippen MR) is 70.3 cm³/mol. The van der Waals surface area contributed by atoms with Crippen molar-refractivity contribution in [1.29, 1.82) is 0 Å². The Labute approximate surface area is 107 Å².